The zero-order valence-corrected chi connectivity index (χ0v) is 13.9. The van der Waals surface area contributed by atoms with Crippen LogP contribution in [0.3, 0.4) is 0 Å². The number of aromatic amines is 1. The van der Waals surface area contributed by atoms with Crippen LogP contribution in [0.5, 0.6) is 0 Å². The van der Waals surface area contributed by atoms with Gasteiger partial charge in [0.15, 0.2) is 11.2 Å². The van der Waals surface area contributed by atoms with Gasteiger partial charge in [-0.1, -0.05) is 27.2 Å². The van der Waals surface area contributed by atoms with Crippen LogP contribution in [0.2, 0.25) is 0 Å². The SMILES string of the molecule is CCCCn1c(=O)[nH]c(=O)c2c1nc(COC(=O)C(C)C)n2C. The van der Waals surface area contributed by atoms with E-state index in [1.807, 2.05) is 6.92 Å². The van der Waals surface area contributed by atoms with Crippen molar-refractivity contribution >= 4 is 17.1 Å². The van der Waals surface area contributed by atoms with Crippen molar-refractivity contribution in [1.82, 2.24) is 19.1 Å². The Bertz CT molecular complexity index is 828. The number of nitrogens with one attached hydrogen (secondary N) is 1. The van der Waals surface area contributed by atoms with Gasteiger partial charge in [0.1, 0.15) is 12.4 Å². The lowest BCUT2D eigenvalue weighted by atomic mass is 10.2. The van der Waals surface area contributed by atoms with Crippen LogP contribution in [0, 0.1) is 5.92 Å². The molecule has 0 aliphatic carbocycles. The van der Waals surface area contributed by atoms with Gasteiger partial charge in [-0.25, -0.2) is 9.78 Å². The standard InChI is InChI=1S/C15H22N4O4/c1-5-6-7-19-12-11(13(20)17-15(19)22)18(4)10(16-12)8-23-14(21)9(2)3/h9H,5-8H2,1-4H3,(H,17,20,22). The average molecular weight is 322 g/mol. The van der Waals surface area contributed by atoms with Gasteiger partial charge >= 0.3 is 11.7 Å². The van der Waals surface area contributed by atoms with Crippen LogP contribution in [0.15, 0.2) is 9.59 Å². The Morgan fingerprint density at radius 2 is 2.04 bits per heavy atom. The molecule has 0 radical (unpaired) electrons. The predicted molar refractivity (Wildman–Crippen MR) is 85.1 cm³/mol. The number of nitrogens with zero attached hydrogens (tertiary/aromatic N) is 3. The molecule has 8 heteroatoms. The summed E-state index contributed by atoms with van der Waals surface area (Å²) in [5.74, 6) is -0.152. The van der Waals surface area contributed by atoms with Gasteiger partial charge in [-0.05, 0) is 6.42 Å². The number of unbranched alkanes of at least 4 members (excludes halogenated alkanes) is 1. The fraction of sp³-hybridized carbons (Fsp3) is 0.600. The van der Waals surface area contributed by atoms with Crippen LogP contribution < -0.4 is 11.2 Å². The van der Waals surface area contributed by atoms with Crippen molar-refractivity contribution in [3.63, 3.8) is 0 Å². The molecule has 0 bridgehead atoms. The number of carbonyl (C=O) groups excluding carboxylic acids is 1. The molecule has 0 spiro atoms. The van der Waals surface area contributed by atoms with E-state index in [0.29, 0.717) is 23.5 Å². The second-order valence-electron chi connectivity index (χ2n) is 5.79. The van der Waals surface area contributed by atoms with Gasteiger partial charge in [-0.2, -0.15) is 0 Å². The fourth-order valence-electron chi connectivity index (χ4n) is 2.25. The number of hydrogen-bond acceptors (Lipinski definition) is 5. The molecule has 0 aliphatic heterocycles. The van der Waals surface area contributed by atoms with Crippen molar-refractivity contribution in [2.75, 3.05) is 0 Å². The van der Waals surface area contributed by atoms with E-state index in [9.17, 15) is 14.4 Å². The molecule has 23 heavy (non-hydrogen) atoms. The summed E-state index contributed by atoms with van der Waals surface area (Å²) in [5, 5.41) is 0. The molecular weight excluding hydrogens is 300 g/mol. The molecule has 0 aromatic carbocycles. The number of aromatic nitrogens is 4. The Labute approximate surface area is 133 Å². The maximum atomic E-state index is 12.1. The van der Waals surface area contributed by atoms with E-state index >= 15 is 0 Å². The number of rotatable bonds is 6. The maximum absolute atomic E-state index is 12.1. The summed E-state index contributed by atoms with van der Waals surface area (Å²) in [5.41, 5.74) is -0.337. The average Bonchev–Trinajstić information content (AvgIpc) is 2.81. The van der Waals surface area contributed by atoms with Crippen LogP contribution in [-0.4, -0.2) is 25.1 Å². The zero-order valence-electron chi connectivity index (χ0n) is 13.9. The summed E-state index contributed by atoms with van der Waals surface area (Å²) in [7, 11) is 1.66. The molecule has 0 unspecified atom stereocenters. The number of ether oxygens (including phenoxy) is 1. The molecule has 2 aromatic rings. The van der Waals surface area contributed by atoms with Crippen molar-refractivity contribution in [3.05, 3.63) is 26.7 Å². The number of imidazole rings is 1. The second-order valence-corrected chi connectivity index (χ2v) is 5.79. The number of aryl methyl sites for hydroxylation is 2. The molecule has 2 rings (SSSR count). The fourth-order valence-corrected chi connectivity index (χ4v) is 2.25. The number of carbonyl (C=O) groups is 1. The van der Waals surface area contributed by atoms with Crippen LogP contribution in [0.4, 0.5) is 0 Å². The third-order valence-corrected chi connectivity index (χ3v) is 3.66. The first kappa shape index (κ1) is 17.0. The highest BCUT2D eigenvalue weighted by Crippen LogP contribution is 2.12. The minimum atomic E-state index is -0.491. The molecule has 0 aliphatic rings. The van der Waals surface area contributed by atoms with Crippen molar-refractivity contribution in [2.24, 2.45) is 13.0 Å². The normalized spacial score (nSPS) is 11.3. The number of H-pyrrole nitrogens is 1. The van der Waals surface area contributed by atoms with Gasteiger partial charge in [0, 0.05) is 13.6 Å². The van der Waals surface area contributed by atoms with E-state index in [2.05, 4.69) is 9.97 Å². The van der Waals surface area contributed by atoms with Crippen molar-refractivity contribution in [1.29, 1.82) is 0 Å². The first-order valence-corrected chi connectivity index (χ1v) is 7.71. The molecule has 0 fully saturated rings. The maximum Gasteiger partial charge on any atom is 0.330 e. The van der Waals surface area contributed by atoms with E-state index < -0.39 is 11.2 Å². The topological polar surface area (TPSA) is 99.0 Å². The Balaban J connectivity index is 2.47. The molecule has 1 N–H and O–H groups in total. The van der Waals surface area contributed by atoms with E-state index in [4.69, 9.17) is 4.74 Å². The minimum absolute atomic E-state index is 0.0381. The highest BCUT2D eigenvalue weighted by atomic mass is 16.5. The molecule has 0 saturated carbocycles. The number of fused-ring (bicyclic) bond motifs is 1. The highest BCUT2D eigenvalue weighted by Gasteiger charge is 2.18. The summed E-state index contributed by atoms with van der Waals surface area (Å²) in [4.78, 5) is 42.3. The van der Waals surface area contributed by atoms with Gasteiger partial charge < -0.3 is 9.30 Å². The number of esters is 1. The molecule has 2 aromatic heterocycles. The third kappa shape index (κ3) is 3.35. The van der Waals surface area contributed by atoms with Crippen molar-refractivity contribution in [2.45, 2.75) is 46.8 Å². The van der Waals surface area contributed by atoms with Gasteiger partial charge in [-0.15, -0.1) is 0 Å². The van der Waals surface area contributed by atoms with E-state index in [-0.39, 0.29) is 18.5 Å². The summed E-state index contributed by atoms with van der Waals surface area (Å²) >= 11 is 0. The van der Waals surface area contributed by atoms with Crippen LogP contribution >= 0.6 is 0 Å². The third-order valence-electron chi connectivity index (χ3n) is 3.66. The van der Waals surface area contributed by atoms with Crippen LogP contribution in [0.25, 0.3) is 11.2 Å². The summed E-state index contributed by atoms with van der Waals surface area (Å²) in [6.07, 6.45) is 1.72. The molecule has 126 valence electrons. The van der Waals surface area contributed by atoms with Crippen molar-refractivity contribution in [3.8, 4) is 0 Å². The Morgan fingerprint density at radius 3 is 2.65 bits per heavy atom. The molecule has 2 heterocycles. The Kier molecular flexibility index (Phi) is 5.02. The summed E-state index contributed by atoms with van der Waals surface area (Å²) in [6.45, 7) is 5.94. The minimum Gasteiger partial charge on any atom is -0.457 e. The highest BCUT2D eigenvalue weighted by molar-refractivity contribution is 5.72. The Morgan fingerprint density at radius 1 is 1.35 bits per heavy atom. The monoisotopic (exact) mass is 322 g/mol. The first-order chi connectivity index (χ1) is 10.9. The van der Waals surface area contributed by atoms with Crippen LogP contribution in [0.1, 0.15) is 39.4 Å². The lowest BCUT2D eigenvalue weighted by Gasteiger charge is -2.06. The smallest absolute Gasteiger partial charge is 0.330 e. The van der Waals surface area contributed by atoms with Gasteiger partial charge in [0.2, 0.25) is 0 Å². The quantitative estimate of drug-likeness (QED) is 0.797. The zero-order chi connectivity index (χ0) is 17.1. The van der Waals surface area contributed by atoms with E-state index in [0.717, 1.165) is 12.8 Å². The molecule has 8 nitrogen and oxygen atoms in total. The lowest BCUT2D eigenvalue weighted by molar-refractivity contribution is -0.148. The predicted octanol–water partition coefficient (Wildman–Crippen LogP) is 0.923. The number of hydrogen-bond donors (Lipinski definition) is 1. The molecule has 0 saturated heterocycles. The summed E-state index contributed by atoms with van der Waals surface area (Å²) in [6, 6.07) is 0. The molecule has 0 amide bonds. The van der Waals surface area contributed by atoms with E-state index in [1.165, 1.54) is 4.57 Å². The van der Waals surface area contributed by atoms with Crippen molar-refractivity contribution < 1.29 is 9.53 Å². The van der Waals surface area contributed by atoms with Gasteiger partial charge in [-0.3, -0.25) is 19.1 Å². The Hall–Kier alpha value is -2.38. The first-order valence-electron chi connectivity index (χ1n) is 7.71. The lowest BCUT2D eigenvalue weighted by Crippen LogP contribution is -2.31. The largest absolute Gasteiger partial charge is 0.457 e. The molecule has 0 atom stereocenters. The van der Waals surface area contributed by atoms with Crippen LogP contribution in [-0.2, 0) is 29.7 Å². The van der Waals surface area contributed by atoms with Gasteiger partial charge in [0.25, 0.3) is 5.56 Å². The summed E-state index contributed by atoms with van der Waals surface area (Å²) < 4.78 is 8.18. The second kappa shape index (κ2) is 6.80. The van der Waals surface area contributed by atoms with E-state index in [1.54, 1.807) is 25.5 Å². The molecular formula is C15H22N4O4. The van der Waals surface area contributed by atoms with Gasteiger partial charge in [0.05, 0.1) is 5.92 Å².